The summed E-state index contributed by atoms with van der Waals surface area (Å²) in [6, 6.07) is 11.8. The number of rotatable bonds is 10. The number of carbonyl (C=O) groups is 2. The largest absolute Gasteiger partial charge is 0.352 e. The molecule has 1 fully saturated rings. The van der Waals surface area contributed by atoms with E-state index in [0.29, 0.717) is 22.7 Å². The van der Waals surface area contributed by atoms with Gasteiger partial charge in [-0.15, -0.1) is 0 Å². The summed E-state index contributed by atoms with van der Waals surface area (Å²) in [5.41, 5.74) is 3.05. The van der Waals surface area contributed by atoms with Crippen molar-refractivity contribution in [1.29, 1.82) is 0 Å². The molecule has 196 valence electrons. The molecule has 0 unspecified atom stereocenters. The molecule has 0 saturated heterocycles. The van der Waals surface area contributed by atoms with E-state index in [9.17, 15) is 18.0 Å². The van der Waals surface area contributed by atoms with Crippen LogP contribution in [0.25, 0.3) is 0 Å². The number of hydrogen-bond acceptors (Lipinski definition) is 4. The minimum atomic E-state index is -3.77. The van der Waals surface area contributed by atoms with Crippen molar-refractivity contribution < 1.29 is 18.0 Å². The van der Waals surface area contributed by atoms with Crippen molar-refractivity contribution in [2.75, 3.05) is 17.1 Å². The van der Waals surface area contributed by atoms with Crippen molar-refractivity contribution in [2.45, 2.75) is 71.5 Å². The lowest BCUT2D eigenvalue weighted by Gasteiger charge is -2.33. The number of nitrogens with zero attached hydrogens (tertiary/aromatic N) is 2. The van der Waals surface area contributed by atoms with Gasteiger partial charge >= 0.3 is 0 Å². The summed E-state index contributed by atoms with van der Waals surface area (Å²) < 4.78 is 26.6. The number of hydrogen-bond donors (Lipinski definition) is 1. The SMILES string of the molecule is CC[C@H](C(=O)NC1CCCC1)N(Cc1ccccc1Cl)C(=O)CN(c1ccc(C)c(C)c1)S(C)(=O)=O. The summed E-state index contributed by atoms with van der Waals surface area (Å²) in [4.78, 5) is 28.6. The maximum atomic E-state index is 13.8. The number of anilines is 1. The highest BCUT2D eigenvalue weighted by Crippen LogP contribution is 2.24. The molecule has 36 heavy (non-hydrogen) atoms. The van der Waals surface area contributed by atoms with Gasteiger partial charge in [-0.1, -0.05) is 55.6 Å². The first-order chi connectivity index (χ1) is 17.0. The molecular weight excluding hydrogens is 498 g/mol. The van der Waals surface area contributed by atoms with Crippen LogP contribution in [-0.4, -0.2) is 50.0 Å². The average Bonchev–Trinajstić information content (AvgIpc) is 3.32. The highest BCUT2D eigenvalue weighted by molar-refractivity contribution is 7.92. The van der Waals surface area contributed by atoms with Crippen LogP contribution in [-0.2, 0) is 26.2 Å². The van der Waals surface area contributed by atoms with E-state index in [1.54, 1.807) is 24.3 Å². The zero-order valence-electron chi connectivity index (χ0n) is 21.5. The maximum Gasteiger partial charge on any atom is 0.244 e. The van der Waals surface area contributed by atoms with E-state index < -0.39 is 28.5 Å². The Hall–Kier alpha value is -2.58. The molecule has 0 bridgehead atoms. The van der Waals surface area contributed by atoms with Gasteiger partial charge in [0.1, 0.15) is 12.6 Å². The van der Waals surface area contributed by atoms with E-state index in [1.165, 1.54) is 4.90 Å². The third-order valence-electron chi connectivity index (χ3n) is 6.84. The molecule has 1 aliphatic carbocycles. The molecule has 0 aromatic heterocycles. The summed E-state index contributed by atoms with van der Waals surface area (Å²) in [6.07, 6.45) is 5.46. The van der Waals surface area contributed by atoms with Crippen LogP contribution in [0, 0.1) is 13.8 Å². The molecule has 0 spiro atoms. The van der Waals surface area contributed by atoms with Crippen molar-refractivity contribution in [2.24, 2.45) is 0 Å². The fourth-order valence-electron chi connectivity index (χ4n) is 4.59. The second-order valence-electron chi connectivity index (χ2n) is 9.57. The molecule has 7 nitrogen and oxygen atoms in total. The smallest absolute Gasteiger partial charge is 0.244 e. The fourth-order valence-corrected chi connectivity index (χ4v) is 5.63. The normalized spacial score (nSPS) is 14.9. The number of benzene rings is 2. The van der Waals surface area contributed by atoms with Gasteiger partial charge in [-0.3, -0.25) is 13.9 Å². The van der Waals surface area contributed by atoms with Gasteiger partial charge in [0.2, 0.25) is 21.8 Å². The van der Waals surface area contributed by atoms with Gasteiger partial charge < -0.3 is 10.2 Å². The van der Waals surface area contributed by atoms with Gasteiger partial charge in [0.05, 0.1) is 11.9 Å². The molecule has 1 N–H and O–H groups in total. The monoisotopic (exact) mass is 533 g/mol. The molecule has 1 atom stereocenters. The van der Waals surface area contributed by atoms with E-state index in [4.69, 9.17) is 11.6 Å². The minimum absolute atomic E-state index is 0.0969. The van der Waals surface area contributed by atoms with E-state index in [2.05, 4.69) is 5.32 Å². The Morgan fingerprint density at radius 2 is 1.75 bits per heavy atom. The summed E-state index contributed by atoms with van der Waals surface area (Å²) in [6.45, 7) is 5.36. The molecule has 3 rings (SSSR count). The number of carbonyl (C=O) groups excluding carboxylic acids is 2. The zero-order valence-corrected chi connectivity index (χ0v) is 23.0. The molecule has 9 heteroatoms. The Bertz CT molecular complexity index is 1200. The predicted octanol–water partition coefficient (Wildman–Crippen LogP) is 4.59. The first-order valence-corrected chi connectivity index (χ1v) is 14.6. The van der Waals surface area contributed by atoms with Gasteiger partial charge in [-0.25, -0.2) is 8.42 Å². The summed E-state index contributed by atoms with van der Waals surface area (Å²) in [5, 5.41) is 3.58. The first kappa shape index (κ1) is 28.0. The van der Waals surface area contributed by atoms with Gasteiger partial charge in [-0.2, -0.15) is 0 Å². The summed E-state index contributed by atoms with van der Waals surface area (Å²) in [7, 11) is -3.77. The molecule has 0 radical (unpaired) electrons. The van der Waals surface area contributed by atoms with Crippen molar-refractivity contribution in [1.82, 2.24) is 10.2 Å². The van der Waals surface area contributed by atoms with Crippen molar-refractivity contribution in [3.05, 3.63) is 64.2 Å². The van der Waals surface area contributed by atoms with Gasteiger partial charge in [0, 0.05) is 17.6 Å². The fraction of sp³-hybridized carbons (Fsp3) is 0.481. The van der Waals surface area contributed by atoms with E-state index >= 15 is 0 Å². The standard InChI is InChI=1S/C27H36ClN3O4S/c1-5-25(27(33)29-22-11-7-8-12-22)30(17-21-10-6-9-13-24(21)28)26(32)18-31(36(4,34)35)23-15-14-19(2)20(3)16-23/h6,9-10,13-16,22,25H,5,7-8,11-12,17-18H2,1-4H3,(H,29,33)/t25-/m1/s1. The van der Waals surface area contributed by atoms with Crippen LogP contribution in [0.4, 0.5) is 5.69 Å². The van der Waals surface area contributed by atoms with Crippen molar-refractivity contribution >= 4 is 39.1 Å². The molecule has 2 amide bonds. The zero-order chi connectivity index (χ0) is 26.5. The Balaban J connectivity index is 1.94. The third-order valence-corrected chi connectivity index (χ3v) is 8.35. The average molecular weight is 534 g/mol. The molecule has 2 aromatic carbocycles. The second kappa shape index (κ2) is 12.1. The molecule has 1 saturated carbocycles. The van der Waals surface area contributed by atoms with Crippen LogP contribution < -0.4 is 9.62 Å². The van der Waals surface area contributed by atoms with Crippen molar-refractivity contribution in [3.63, 3.8) is 0 Å². The van der Waals surface area contributed by atoms with Gasteiger partial charge in [-0.05, 0) is 68.0 Å². The lowest BCUT2D eigenvalue weighted by molar-refractivity contribution is -0.140. The lowest BCUT2D eigenvalue weighted by atomic mass is 10.1. The topological polar surface area (TPSA) is 86.8 Å². The Kier molecular flexibility index (Phi) is 9.41. The summed E-state index contributed by atoms with van der Waals surface area (Å²) >= 11 is 6.40. The quantitative estimate of drug-likeness (QED) is 0.484. The predicted molar refractivity (Wildman–Crippen MR) is 145 cm³/mol. The van der Waals surface area contributed by atoms with E-state index in [0.717, 1.165) is 47.4 Å². The number of sulfonamides is 1. The highest BCUT2D eigenvalue weighted by atomic mass is 35.5. The van der Waals surface area contributed by atoms with Gasteiger partial charge in [0.15, 0.2) is 0 Å². The van der Waals surface area contributed by atoms with Crippen LogP contribution in [0.5, 0.6) is 0 Å². The minimum Gasteiger partial charge on any atom is -0.352 e. The molecule has 2 aromatic rings. The maximum absolute atomic E-state index is 13.8. The third kappa shape index (κ3) is 7.01. The molecular formula is C27H36ClN3O4S. The molecule has 0 aliphatic heterocycles. The van der Waals surface area contributed by atoms with E-state index in [-0.39, 0.29) is 18.5 Å². The Morgan fingerprint density at radius 1 is 1.08 bits per heavy atom. The lowest BCUT2D eigenvalue weighted by Crippen LogP contribution is -2.53. The first-order valence-electron chi connectivity index (χ1n) is 12.4. The highest BCUT2D eigenvalue weighted by Gasteiger charge is 2.33. The Labute approximate surface area is 219 Å². The number of nitrogens with one attached hydrogen (secondary N) is 1. The van der Waals surface area contributed by atoms with Crippen LogP contribution in [0.15, 0.2) is 42.5 Å². The number of aryl methyl sites for hydroxylation is 2. The molecule has 0 heterocycles. The Morgan fingerprint density at radius 3 is 2.33 bits per heavy atom. The number of halogens is 1. The van der Waals surface area contributed by atoms with Crippen molar-refractivity contribution in [3.8, 4) is 0 Å². The van der Waals surface area contributed by atoms with Crippen LogP contribution in [0.3, 0.4) is 0 Å². The molecule has 1 aliphatic rings. The summed E-state index contributed by atoms with van der Waals surface area (Å²) in [5.74, 6) is -0.686. The van der Waals surface area contributed by atoms with Crippen LogP contribution in [0.2, 0.25) is 5.02 Å². The van der Waals surface area contributed by atoms with Crippen LogP contribution >= 0.6 is 11.6 Å². The van der Waals surface area contributed by atoms with Crippen LogP contribution in [0.1, 0.15) is 55.7 Å². The van der Waals surface area contributed by atoms with Gasteiger partial charge in [0.25, 0.3) is 0 Å². The second-order valence-corrected chi connectivity index (χ2v) is 11.9. The number of amides is 2. The van der Waals surface area contributed by atoms with E-state index in [1.807, 2.05) is 39.0 Å².